The lowest BCUT2D eigenvalue weighted by atomic mass is 10.3. The zero-order valence-electron chi connectivity index (χ0n) is 14.6. The van der Waals surface area contributed by atoms with Gasteiger partial charge in [0.2, 0.25) is 5.89 Å². The molecule has 0 saturated carbocycles. The first-order valence-corrected chi connectivity index (χ1v) is 7.70. The van der Waals surface area contributed by atoms with Gasteiger partial charge in [0, 0.05) is 45.9 Å². The van der Waals surface area contributed by atoms with Crippen molar-refractivity contribution in [3.8, 4) is 5.75 Å². The summed E-state index contributed by atoms with van der Waals surface area (Å²) in [6.45, 7) is 3.47. The Labute approximate surface area is 164 Å². The minimum absolute atomic E-state index is 0. The number of halogens is 1. The molecule has 0 radical (unpaired) electrons. The standard InChI is InChI=1S/C16H23N5O3.HI/c1-12-19-15(21-24-12)11-18-16(17-2)20-13-6-4-7-14(10-13)23-9-5-8-22-3;/h4,6-7,10H,5,8-9,11H2,1-3H3,(H2,17,18,20);1H. The third kappa shape index (κ3) is 7.69. The summed E-state index contributed by atoms with van der Waals surface area (Å²) in [5.41, 5.74) is 0.872. The smallest absolute Gasteiger partial charge is 0.223 e. The van der Waals surface area contributed by atoms with Gasteiger partial charge in [0.25, 0.3) is 0 Å². The molecule has 0 saturated heterocycles. The lowest BCUT2D eigenvalue weighted by Crippen LogP contribution is -2.30. The lowest BCUT2D eigenvalue weighted by Gasteiger charge is -2.12. The third-order valence-electron chi connectivity index (χ3n) is 3.07. The topological polar surface area (TPSA) is 93.8 Å². The highest BCUT2D eigenvalue weighted by Gasteiger charge is 2.05. The zero-order chi connectivity index (χ0) is 17.2. The molecule has 0 aliphatic rings. The number of benzene rings is 1. The van der Waals surface area contributed by atoms with Crippen LogP contribution in [0.2, 0.25) is 0 Å². The van der Waals surface area contributed by atoms with Crippen LogP contribution in [-0.2, 0) is 11.3 Å². The fraction of sp³-hybridized carbons (Fsp3) is 0.438. The number of anilines is 1. The number of nitrogens with one attached hydrogen (secondary N) is 2. The Morgan fingerprint density at radius 2 is 2.16 bits per heavy atom. The molecule has 2 rings (SSSR count). The highest BCUT2D eigenvalue weighted by molar-refractivity contribution is 14.0. The van der Waals surface area contributed by atoms with Crippen LogP contribution >= 0.6 is 24.0 Å². The Balaban J connectivity index is 0.00000312. The zero-order valence-corrected chi connectivity index (χ0v) is 16.9. The van der Waals surface area contributed by atoms with E-state index in [2.05, 4.69) is 25.8 Å². The van der Waals surface area contributed by atoms with Crippen LogP contribution in [0, 0.1) is 6.92 Å². The van der Waals surface area contributed by atoms with Crippen LogP contribution in [-0.4, -0.2) is 43.5 Å². The Morgan fingerprint density at radius 3 is 2.84 bits per heavy atom. The molecule has 0 amide bonds. The largest absolute Gasteiger partial charge is 0.493 e. The number of nitrogens with zero attached hydrogens (tertiary/aromatic N) is 3. The molecule has 9 heteroatoms. The second kappa shape index (κ2) is 11.6. The fourth-order valence-electron chi connectivity index (χ4n) is 1.95. The highest BCUT2D eigenvalue weighted by Crippen LogP contribution is 2.17. The molecule has 0 aliphatic carbocycles. The molecule has 1 aromatic heterocycles. The first-order chi connectivity index (χ1) is 11.7. The predicted octanol–water partition coefficient (Wildman–Crippen LogP) is 2.60. The van der Waals surface area contributed by atoms with Gasteiger partial charge in [-0.05, 0) is 12.1 Å². The molecule has 138 valence electrons. The van der Waals surface area contributed by atoms with E-state index in [1.807, 2.05) is 24.3 Å². The van der Waals surface area contributed by atoms with E-state index in [-0.39, 0.29) is 24.0 Å². The van der Waals surface area contributed by atoms with Crippen LogP contribution < -0.4 is 15.4 Å². The summed E-state index contributed by atoms with van der Waals surface area (Å²) in [5, 5.41) is 10.1. The van der Waals surface area contributed by atoms with E-state index in [1.54, 1.807) is 21.1 Å². The summed E-state index contributed by atoms with van der Waals surface area (Å²) in [4.78, 5) is 8.31. The molecular formula is C16H24IN5O3. The number of aromatic nitrogens is 2. The van der Waals surface area contributed by atoms with E-state index in [0.717, 1.165) is 17.9 Å². The average molecular weight is 461 g/mol. The molecule has 0 unspecified atom stereocenters. The minimum Gasteiger partial charge on any atom is -0.493 e. The van der Waals surface area contributed by atoms with Crippen molar-refractivity contribution in [2.45, 2.75) is 19.9 Å². The maximum atomic E-state index is 5.68. The first-order valence-electron chi connectivity index (χ1n) is 7.70. The van der Waals surface area contributed by atoms with Crippen LogP contribution in [0.3, 0.4) is 0 Å². The number of hydrogen-bond donors (Lipinski definition) is 2. The Bertz CT molecular complexity index is 663. The third-order valence-corrected chi connectivity index (χ3v) is 3.07. The van der Waals surface area contributed by atoms with E-state index in [4.69, 9.17) is 14.0 Å². The SMILES string of the molecule is CN=C(NCc1noc(C)n1)Nc1cccc(OCCCOC)c1.I. The van der Waals surface area contributed by atoms with Crippen molar-refractivity contribution >= 4 is 35.6 Å². The Kier molecular flexibility index (Phi) is 9.85. The van der Waals surface area contributed by atoms with Gasteiger partial charge in [-0.25, -0.2) is 0 Å². The van der Waals surface area contributed by atoms with Gasteiger partial charge in [-0.1, -0.05) is 11.2 Å². The molecule has 1 heterocycles. The lowest BCUT2D eigenvalue weighted by molar-refractivity contribution is 0.172. The van der Waals surface area contributed by atoms with Crippen LogP contribution in [0.25, 0.3) is 0 Å². The monoisotopic (exact) mass is 461 g/mol. The first kappa shape index (κ1) is 21.2. The number of ether oxygens (including phenoxy) is 2. The highest BCUT2D eigenvalue weighted by atomic mass is 127. The van der Waals surface area contributed by atoms with Crippen molar-refractivity contribution in [3.05, 3.63) is 36.0 Å². The average Bonchev–Trinajstić information content (AvgIpc) is 3.01. The van der Waals surface area contributed by atoms with Crippen molar-refractivity contribution in [1.82, 2.24) is 15.5 Å². The minimum atomic E-state index is 0. The van der Waals surface area contributed by atoms with Gasteiger partial charge >= 0.3 is 0 Å². The van der Waals surface area contributed by atoms with Crippen LogP contribution in [0.4, 0.5) is 5.69 Å². The fourth-order valence-corrected chi connectivity index (χ4v) is 1.95. The molecule has 0 spiro atoms. The summed E-state index contributed by atoms with van der Waals surface area (Å²) in [5.74, 6) is 2.51. The number of guanidine groups is 1. The normalized spacial score (nSPS) is 10.9. The Morgan fingerprint density at radius 1 is 1.32 bits per heavy atom. The summed E-state index contributed by atoms with van der Waals surface area (Å²) >= 11 is 0. The molecule has 8 nitrogen and oxygen atoms in total. The van der Waals surface area contributed by atoms with Gasteiger partial charge < -0.3 is 24.6 Å². The summed E-state index contributed by atoms with van der Waals surface area (Å²) in [6.07, 6.45) is 0.849. The number of rotatable bonds is 8. The van der Waals surface area contributed by atoms with Gasteiger partial charge in [-0.15, -0.1) is 24.0 Å². The van der Waals surface area contributed by atoms with Gasteiger partial charge in [0.15, 0.2) is 11.8 Å². The molecular weight excluding hydrogens is 437 g/mol. The van der Waals surface area contributed by atoms with E-state index in [9.17, 15) is 0 Å². The Hall–Kier alpha value is -1.88. The molecule has 0 bridgehead atoms. The summed E-state index contributed by atoms with van der Waals surface area (Å²) < 4.78 is 15.6. The molecule has 1 aromatic carbocycles. The van der Waals surface area contributed by atoms with Crippen LogP contribution in [0.15, 0.2) is 33.8 Å². The molecule has 0 fully saturated rings. The van der Waals surface area contributed by atoms with E-state index in [1.165, 1.54) is 0 Å². The van der Waals surface area contributed by atoms with Gasteiger partial charge in [-0.3, -0.25) is 4.99 Å². The van der Waals surface area contributed by atoms with Crippen molar-refractivity contribution < 1.29 is 14.0 Å². The van der Waals surface area contributed by atoms with Crippen molar-refractivity contribution in [1.29, 1.82) is 0 Å². The second-order valence-corrected chi connectivity index (χ2v) is 5.00. The molecule has 0 atom stereocenters. The summed E-state index contributed by atoms with van der Waals surface area (Å²) in [6, 6.07) is 7.69. The summed E-state index contributed by atoms with van der Waals surface area (Å²) in [7, 11) is 3.38. The van der Waals surface area contributed by atoms with Crippen molar-refractivity contribution in [3.63, 3.8) is 0 Å². The molecule has 2 N–H and O–H groups in total. The number of methoxy groups -OCH3 is 1. The molecule has 25 heavy (non-hydrogen) atoms. The van der Waals surface area contributed by atoms with Crippen molar-refractivity contribution in [2.24, 2.45) is 4.99 Å². The van der Waals surface area contributed by atoms with E-state index >= 15 is 0 Å². The van der Waals surface area contributed by atoms with Gasteiger partial charge in [-0.2, -0.15) is 4.98 Å². The van der Waals surface area contributed by atoms with Crippen molar-refractivity contribution in [2.75, 3.05) is 32.7 Å². The number of hydrogen-bond acceptors (Lipinski definition) is 6. The van der Waals surface area contributed by atoms with E-state index < -0.39 is 0 Å². The van der Waals surface area contributed by atoms with Crippen LogP contribution in [0.1, 0.15) is 18.1 Å². The number of aliphatic imine (C=N–C) groups is 1. The number of aryl methyl sites for hydroxylation is 1. The van der Waals surface area contributed by atoms with Gasteiger partial charge in [0.05, 0.1) is 13.2 Å². The maximum absolute atomic E-state index is 5.68. The second-order valence-electron chi connectivity index (χ2n) is 5.00. The predicted molar refractivity (Wildman–Crippen MR) is 107 cm³/mol. The quantitative estimate of drug-likeness (QED) is 0.270. The van der Waals surface area contributed by atoms with Crippen LogP contribution in [0.5, 0.6) is 5.75 Å². The molecule has 0 aliphatic heterocycles. The molecule has 2 aromatic rings. The maximum Gasteiger partial charge on any atom is 0.223 e. The van der Waals surface area contributed by atoms with Gasteiger partial charge in [0.1, 0.15) is 5.75 Å². The van der Waals surface area contributed by atoms with E-state index in [0.29, 0.717) is 37.4 Å².